The molecule has 0 aliphatic rings. The molecule has 2 rings (SSSR count). The Morgan fingerprint density at radius 3 is 2.82 bits per heavy atom. The Hall–Kier alpha value is -1.20. The van der Waals surface area contributed by atoms with E-state index in [-0.39, 0.29) is 12.6 Å². The maximum Gasteiger partial charge on any atom is 0.138 e. The highest BCUT2D eigenvalue weighted by Gasteiger charge is 2.12. The van der Waals surface area contributed by atoms with Crippen LogP contribution in [0.15, 0.2) is 6.07 Å². The van der Waals surface area contributed by atoms with E-state index in [4.69, 9.17) is 0 Å². The number of rotatable bonds is 4. The van der Waals surface area contributed by atoms with E-state index in [1.54, 1.807) is 11.3 Å². The van der Waals surface area contributed by atoms with Gasteiger partial charge < -0.3 is 10.4 Å². The molecule has 2 heterocycles. The lowest BCUT2D eigenvalue weighted by Crippen LogP contribution is -2.23. The second-order valence-electron chi connectivity index (χ2n) is 4.13. The fourth-order valence-electron chi connectivity index (χ4n) is 1.73. The van der Waals surface area contributed by atoms with Gasteiger partial charge in [-0.15, -0.1) is 11.3 Å². The molecule has 5 heteroatoms. The van der Waals surface area contributed by atoms with Crippen LogP contribution in [0.1, 0.15) is 24.0 Å². The molecule has 2 N–H and O–H groups in total. The van der Waals surface area contributed by atoms with Crippen LogP contribution in [0.3, 0.4) is 0 Å². The third-order valence-corrected chi connectivity index (χ3v) is 3.63. The SMILES string of the molecule is CCC(CO)Nc1nc(C)nc2sc(C)cc12. The van der Waals surface area contributed by atoms with Gasteiger partial charge in [-0.2, -0.15) is 0 Å². The van der Waals surface area contributed by atoms with Gasteiger partial charge in [-0.3, -0.25) is 0 Å². The molecule has 0 saturated heterocycles. The molecule has 92 valence electrons. The van der Waals surface area contributed by atoms with Crippen molar-refractivity contribution in [3.8, 4) is 0 Å². The Balaban J connectivity index is 2.44. The lowest BCUT2D eigenvalue weighted by molar-refractivity contribution is 0.271. The zero-order valence-corrected chi connectivity index (χ0v) is 11.1. The highest BCUT2D eigenvalue weighted by Crippen LogP contribution is 2.28. The molecule has 0 radical (unpaired) electrons. The average molecular weight is 251 g/mol. The first-order valence-electron chi connectivity index (χ1n) is 5.76. The Labute approximate surface area is 105 Å². The quantitative estimate of drug-likeness (QED) is 0.876. The largest absolute Gasteiger partial charge is 0.394 e. The predicted molar refractivity (Wildman–Crippen MR) is 71.7 cm³/mol. The minimum atomic E-state index is 0.0488. The van der Waals surface area contributed by atoms with E-state index < -0.39 is 0 Å². The molecular weight excluding hydrogens is 234 g/mol. The van der Waals surface area contributed by atoms with Gasteiger partial charge in [0, 0.05) is 4.88 Å². The highest BCUT2D eigenvalue weighted by atomic mass is 32.1. The number of nitrogens with one attached hydrogen (secondary N) is 1. The first-order chi connectivity index (χ1) is 8.13. The minimum absolute atomic E-state index is 0.0488. The molecule has 0 saturated carbocycles. The van der Waals surface area contributed by atoms with E-state index in [2.05, 4.69) is 28.3 Å². The fraction of sp³-hybridized carbons (Fsp3) is 0.500. The summed E-state index contributed by atoms with van der Waals surface area (Å²) in [6, 6.07) is 2.14. The Kier molecular flexibility index (Phi) is 3.59. The standard InChI is InChI=1S/C12H17N3OS/c1-4-9(6-16)15-11-10-5-7(2)17-12(10)14-8(3)13-11/h5,9,16H,4,6H2,1-3H3,(H,13,14,15). The van der Waals surface area contributed by atoms with Crippen molar-refractivity contribution in [1.29, 1.82) is 0 Å². The van der Waals surface area contributed by atoms with Crippen LogP contribution in [0.25, 0.3) is 10.2 Å². The average Bonchev–Trinajstić information content (AvgIpc) is 2.66. The second-order valence-corrected chi connectivity index (χ2v) is 5.36. The van der Waals surface area contributed by atoms with E-state index in [0.717, 1.165) is 28.3 Å². The molecule has 2 aromatic heterocycles. The Morgan fingerprint density at radius 2 is 2.18 bits per heavy atom. The van der Waals surface area contributed by atoms with Crippen molar-refractivity contribution in [3.63, 3.8) is 0 Å². The third kappa shape index (κ3) is 2.56. The number of anilines is 1. The Bertz CT molecular complexity index is 520. The zero-order valence-electron chi connectivity index (χ0n) is 10.3. The van der Waals surface area contributed by atoms with Crippen molar-refractivity contribution in [2.45, 2.75) is 33.2 Å². The summed E-state index contributed by atoms with van der Waals surface area (Å²) in [4.78, 5) is 11.1. The van der Waals surface area contributed by atoms with Crippen LogP contribution in [0.4, 0.5) is 5.82 Å². The van der Waals surface area contributed by atoms with Crippen LogP contribution in [-0.2, 0) is 0 Å². The molecule has 0 bridgehead atoms. The first-order valence-corrected chi connectivity index (χ1v) is 6.58. The van der Waals surface area contributed by atoms with Gasteiger partial charge in [0.15, 0.2) is 0 Å². The minimum Gasteiger partial charge on any atom is -0.394 e. The molecule has 0 spiro atoms. The summed E-state index contributed by atoms with van der Waals surface area (Å²) in [6.07, 6.45) is 0.865. The summed E-state index contributed by atoms with van der Waals surface area (Å²) in [5, 5.41) is 13.6. The number of aliphatic hydroxyl groups excluding tert-OH is 1. The van der Waals surface area contributed by atoms with Gasteiger partial charge in [-0.1, -0.05) is 6.92 Å². The number of aliphatic hydroxyl groups is 1. The molecular formula is C12H17N3OS. The van der Waals surface area contributed by atoms with Gasteiger partial charge in [0.25, 0.3) is 0 Å². The highest BCUT2D eigenvalue weighted by molar-refractivity contribution is 7.18. The predicted octanol–water partition coefficient (Wildman–Crippen LogP) is 2.49. The van der Waals surface area contributed by atoms with Gasteiger partial charge in [-0.25, -0.2) is 9.97 Å². The summed E-state index contributed by atoms with van der Waals surface area (Å²) in [5.74, 6) is 1.59. The van der Waals surface area contributed by atoms with E-state index in [1.165, 1.54) is 4.88 Å². The molecule has 0 amide bonds. The lowest BCUT2D eigenvalue weighted by atomic mass is 10.2. The number of nitrogens with zero attached hydrogens (tertiary/aromatic N) is 2. The summed E-state index contributed by atoms with van der Waals surface area (Å²) in [7, 11) is 0. The van der Waals surface area contributed by atoms with Crippen LogP contribution >= 0.6 is 11.3 Å². The Morgan fingerprint density at radius 1 is 1.41 bits per heavy atom. The van der Waals surface area contributed by atoms with Crippen molar-refractivity contribution < 1.29 is 5.11 Å². The monoisotopic (exact) mass is 251 g/mol. The summed E-state index contributed by atoms with van der Waals surface area (Å²) in [5.41, 5.74) is 0. The maximum atomic E-state index is 9.23. The molecule has 0 aliphatic heterocycles. The van der Waals surface area contributed by atoms with Crippen molar-refractivity contribution >= 4 is 27.4 Å². The smallest absolute Gasteiger partial charge is 0.138 e. The van der Waals surface area contributed by atoms with Crippen LogP contribution < -0.4 is 5.32 Å². The number of aromatic nitrogens is 2. The van der Waals surface area contributed by atoms with Crippen LogP contribution in [-0.4, -0.2) is 27.7 Å². The molecule has 17 heavy (non-hydrogen) atoms. The maximum absolute atomic E-state index is 9.23. The summed E-state index contributed by atoms with van der Waals surface area (Å²) < 4.78 is 0. The number of hydrogen-bond acceptors (Lipinski definition) is 5. The summed E-state index contributed by atoms with van der Waals surface area (Å²) in [6.45, 7) is 6.11. The molecule has 0 aromatic carbocycles. The van der Waals surface area contributed by atoms with Gasteiger partial charge in [0.1, 0.15) is 16.5 Å². The van der Waals surface area contributed by atoms with Crippen LogP contribution in [0.2, 0.25) is 0 Å². The number of hydrogen-bond donors (Lipinski definition) is 2. The first kappa shape index (κ1) is 12.3. The fourth-order valence-corrected chi connectivity index (χ4v) is 2.65. The van der Waals surface area contributed by atoms with Gasteiger partial charge in [0.05, 0.1) is 18.0 Å². The van der Waals surface area contributed by atoms with Crippen LogP contribution in [0.5, 0.6) is 0 Å². The molecule has 0 fully saturated rings. The van der Waals surface area contributed by atoms with Crippen molar-refractivity contribution in [2.24, 2.45) is 0 Å². The molecule has 2 aromatic rings. The number of aryl methyl sites for hydroxylation is 2. The van der Waals surface area contributed by atoms with Crippen molar-refractivity contribution in [2.75, 3.05) is 11.9 Å². The van der Waals surface area contributed by atoms with E-state index in [0.29, 0.717) is 0 Å². The summed E-state index contributed by atoms with van der Waals surface area (Å²) >= 11 is 1.67. The van der Waals surface area contributed by atoms with E-state index in [9.17, 15) is 5.11 Å². The van der Waals surface area contributed by atoms with Gasteiger partial charge in [0.2, 0.25) is 0 Å². The van der Waals surface area contributed by atoms with E-state index >= 15 is 0 Å². The zero-order chi connectivity index (χ0) is 12.4. The third-order valence-electron chi connectivity index (χ3n) is 2.68. The number of fused-ring (bicyclic) bond motifs is 1. The van der Waals surface area contributed by atoms with Crippen molar-refractivity contribution in [3.05, 3.63) is 16.8 Å². The topological polar surface area (TPSA) is 58.0 Å². The lowest BCUT2D eigenvalue weighted by Gasteiger charge is -2.15. The molecule has 0 aliphatic carbocycles. The van der Waals surface area contributed by atoms with Crippen LogP contribution in [0, 0.1) is 13.8 Å². The van der Waals surface area contributed by atoms with E-state index in [1.807, 2.05) is 13.8 Å². The molecule has 1 atom stereocenters. The molecule has 1 unspecified atom stereocenters. The normalized spacial score (nSPS) is 12.9. The van der Waals surface area contributed by atoms with Crippen molar-refractivity contribution in [1.82, 2.24) is 9.97 Å². The van der Waals surface area contributed by atoms with Gasteiger partial charge >= 0.3 is 0 Å². The second kappa shape index (κ2) is 4.98. The number of thiophene rings is 1. The molecule has 4 nitrogen and oxygen atoms in total. The van der Waals surface area contributed by atoms with Gasteiger partial charge in [-0.05, 0) is 26.3 Å².